The van der Waals surface area contributed by atoms with E-state index in [1.807, 2.05) is 0 Å². The highest BCUT2D eigenvalue weighted by molar-refractivity contribution is 7.98. The minimum Gasteiger partial charge on any atom is -0.440 e. The van der Waals surface area contributed by atoms with E-state index in [1.54, 1.807) is 30.3 Å². The number of hydrogen-bond donors (Lipinski definition) is 0. The third-order valence-electron chi connectivity index (χ3n) is 3.53. The van der Waals surface area contributed by atoms with E-state index in [-0.39, 0.29) is 16.5 Å². The number of aromatic nitrogens is 2. The number of nitriles is 1. The van der Waals surface area contributed by atoms with E-state index in [9.17, 15) is 18.4 Å². The number of thioether (sulfide) groups is 1. The largest absolute Gasteiger partial charge is 0.440 e. The summed E-state index contributed by atoms with van der Waals surface area (Å²) in [4.78, 5) is 8.19. The number of nitrogens with zero attached hydrogens (tertiary/aromatic N) is 3. The van der Waals surface area contributed by atoms with Crippen molar-refractivity contribution in [1.29, 1.82) is 5.26 Å². The maximum atomic E-state index is 13.2. The van der Waals surface area contributed by atoms with Crippen LogP contribution >= 0.6 is 23.4 Å². The molecule has 2 heterocycles. The molecule has 138 valence electrons. The summed E-state index contributed by atoms with van der Waals surface area (Å²) in [7, 11) is 0. The zero-order valence-electron chi connectivity index (χ0n) is 13.8. The molecular formula is C18H11ClF3N3OS. The fourth-order valence-electron chi connectivity index (χ4n) is 2.36. The fraction of sp³-hybridized carbons (Fsp3) is 0.167. The minimum atomic E-state index is -4.63. The molecule has 3 aromatic rings. The Kier molecular flexibility index (Phi) is 5.44. The number of hydrogen-bond acceptors (Lipinski definition) is 5. The molecule has 9 heteroatoms. The molecular weight excluding hydrogens is 399 g/mol. The second-order valence-corrected chi connectivity index (χ2v) is 6.92. The molecule has 0 atom stereocenters. The monoisotopic (exact) mass is 409 g/mol. The number of rotatable bonds is 4. The van der Waals surface area contributed by atoms with Gasteiger partial charge in [-0.25, -0.2) is 9.97 Å². The van der Waals surface area contributed by atoms with Gasteiger partial charge in [0.2, 0.25) is 5.89 Å². The molecule has 0 unspecified atom stereocenters. The van der Waals surface area contributed by atoms with Crippen LogP contribution in [0.15, 0.2) is 46.0 Å². The van der Waals surface area contributed by atoms with Crippen LogP contribution in [0.3, 0.4) is 0 Å². The summed E-state index contributed by atoms with van der Waals surface area (Å²) >= 11 is 6.91. The summed E-state index contributed by atoms with van der Waals surface area (Å²) in [6.07, 6.45) is -3.12. The second kappa shape index (κ2) is 7.62. The Labute approximate surface area is 162 Å². The minimum absolute atomic E-state index is 0.00710. The smallest absolute Gasteiger partial charge is 0.417 e. The molecule has 2 aromatic heterocycles. The third-order valence-corrected chi connectivity index (χ3v) is 4.72. The summed E-state index contributed by atoms with van der Waals surface area (Å²) < 4.78 is 45.1. The molecule has 0 aliphatic rings. The van der Waals surface area contributed by atoms with Gasteiger partial charge in [-0.05, 0) is 25.1 Å². The highest BCUT2D eigenvalue weighted by Gasteiger charge is 2.35. The second-order valence-electron chi connectivity index (χ2n) is 5.52. The van der Waals surface area contributed by atoms with Crippen molar-refractivity contribution in [2.24, 2.45) is 0 Å². The van der Waals surface area contributed by atoms with Gasteiger partial charge in [-0.15, -0.1) is 0 Å². The molecule has 0 N–H and O–H groups in total. The molecule has 4 nitrogen and oxygen atoms in total. The van der Waals surface area contributed by atoms with Gasteiger partial charge in [0.25, 0.3) is 0 Å². The van der Waals surface area contributed by atoms with Gasteiger partial charge in [0.05, 0.1) is 23.1 Å². The molecule has 1 aromatic carbocycles. The Balaban J connectivity index is 1.84. The number of pyridine rings is 1. The van der Waals surface area contributed by atoms with E-state index in [4.69, 9.17) is 16.0 Å². The van der Waals surface area contributed by atoms with Crippen LogP contribution in [0.5, 0.6) is 0 Å². The van der Waals surface area contributed by atoms with Crippen molar-refractivity contribution in [3.8, 4) is 17.4 Å². The summed E-state index contributed by atoms with van der Waals surface area (Å²) in [5.74, 6) is 0.917. The Morgan fingerprint density at radius 3 is 2.74 bits per heavy atom. The molecule has 0 radical (unpaired) electrons. The molecule has 3 rings (SSSR count). The summed E-state index contributed by atoms with van der Waals surface area (Å²) in [5, 5.41) is 9.71. The van der Waals surface area contributed by atoms with Gasteiger partial charge >= 0.3 is 6.18 Å². The average molecular weight is 410 g/mol. The maximum absolute atomic E-state index is 13.2. The first-order chi connectivity index (χ1) is 12.8. The van der Waals surface area contributed by atoms with Crippen molar-refractivity contribution >= 4 is 23.4 Å². The van der Waals surface area contributed by atoms with Gasteiger partial charge in [0.15, 0.2) is 5.76 Å². The number of alkyl halides is 3. The molecule has 0 saturated carbocycles. The quantitative estimate of drug-likeness (QED) is 0.503. The first-order valence-corrected chi connectivity index (χ1v) is 8.96. The first kappa shape index (κ1) is 19.3. The lowest BCUT2D eigenvalue weighted by Crippen LogP contribution is -2.10. The van der Waals surface area contributed by atoms with Crippen molar-refractivity contribution in [2.75, 3.05) is 0 Å². The van der Waals surface area contributed by atoms with E-state index in [1.165, 1.54) is 13.1 Å². The van der Waals surface area contributed by atoms with Gasteiger partial charge in [-0.3, -0.25) is 0 Å². The molecule has 0 bridgehead atoms. The maximum Gasteiger partial charge on any atom is 0.417 e. The summed E-state index contributed by atoms with van der Waals surface area (Å²) in [5.41, 5.74) is -0.584. The lowest BCUT2D eigenvalue weighted by Gasteiger charge is -2.12. The van der Waals surface area contributed by atoms with Gasteiger partial charge in [-0.2, -0.15) is 18.4 Å². The van der Waals surface area contributed by atoms with Crippen LogP contribution < -0.4 is 0 Å². The molecule has 0 fully saturated rings. The molecule has 0 amide bonds. The van der Waals surface area contributed by atoms with E-state index >= 15 is 0 Å². The van der Waals surface area contributed by atoms with Crippen LogP contribution in [0.4, 0.5) is 13.2 Å². The SMILES string of the molecule is Cc1cc(C(F)(F)F)c(C#N)c(SCc2ncc(-c3cccc(Cl)c3)o2)n1. The Morgan fingerprint density at radius 2 is 2.07 bits per heavy atom. The van der Waals surface area contributed by atoms with Gasteiger partial charge < -0.3 is 4.42 Å². The Bertz CT molecular complexity index is 1030. The van der Waals surface area contributed by atoms with Crippen LogP contribution in [0.1, 0.15) is 22.7 Å². The molecule has 0 aliphatic heterocycles. The average Bonchev–Trinajstić information content (AvgIpc) is 3.07. The number of aryl methyl sites for hydroxylation is 1. The van der Waals surface area contributed by atoms with Crippen LogP contribution in [-0.4, -0.2) is 9.97 Å². The Hall–Kier alpha value is -2.50. The van der Waals surface area contributed by atoms with Gasteiger partial charge in [0, 0.05) is 16.3 Å². The highest BCUT2D eigenvalue weighted by atomic mass is 35.5. The van der Waals surface area contributed by atoms with E-state index in [2.05, 4.69) is 9.97 Å². The van der Waals surface area contributed by atoms with Crippen LogP contribution in [0.25, 0.3) is 11.3 Å². The van der Waals surface area contributed by atoms with Crippen molar-refractivity contribution in [2.45, 2.75) is 23.9 Å². The zero-order chi connectivity index (χ0) is 19.6. The predicted octanol–water partition coefficient (Wildman–Crippen LogP) is 5.88. The number of halogens is 4. The van der Waals surface area contributed by atoms with Crippen molar-refractivity contribution in [1.82, 2.24) is 9.97 Å². The standard InChI is InChI=1S/C18H11ClF3N3OS/c1-10-5-14(18(20,21)22)13(7-23)17(25-10)27-9-16-24-8-15(26-16)11-3-2-4-12(19)6-11/h2-6,8H,9H2,1H3. The van der Waals surface area contributed by atoms with E-state index < -0.39 is 17.3 Å². The number of oxazole rings is 1. The van der Waals surface area contributed by atoms with Crippen LogP contribution in [0.2, 0.25) is 5.02 Å². The topological polar surface area (TPSA) is 62.7 Å². The molecule has 27 heavy (non-hydrogen) atoms. The van der Waals surface area contributed by atoms with Gasteiger partial charge in [-0.1, -0.05) is 35.5 Å². The Morgan fingerprint density at radius 1 is 1.30 bits per heavy atom. The predicted molar refractivity (Wildman–Crippen MR) is 95.2 cm³/mol. The number of benzene rings is 1. The zero-order valence-corrected chi connectivity index (χ0v) is 15.4. The summed E-state index contributed by atoms with van der Waals surface area (Å²) in [6, 6.07) is 9.47. The lowest BCUT2D eigenvalue weighted by atomic mass is 10.1. The summed E-state index contributed by atoms with van der Waals surface area (Å²) in [6.45, 7) is 1.45. The van der Waals surface area contributed by atoms with Crippen LogP contribution in [-0.2, 0) is 11.9 Å². The molecule has 0 saturated heterocycles. The van der Waals surface area contributed by atoms with Crippen molar-refractivity contribution in [3.05, 3.63) is 64.3 Å². The van der Waals surface area contributed by atoms with Gasteiger partial charge in [0.1, 0.15) is 11.1 Å². The third kappa shape index (κ3) is 4.43. The van der Waals surface area contributed by atoms with Crippen molar-refractivity contribution in [3.63, 3.8) is 0 Å². The molecule has 0 aliphatic carbocycles. The van der Waals surface area contributed by atoms with Crippen LogP contribution in [0, 0.1) is 18.3 Å². The molecule has 0 spiro atoms. The van der Waals surface area contributed by atoms with Crippen molar-refractivity contribution < 1.29 is 17.6 Å². The highest BCUT2D eigenvalue weighted by Crippen LogP contribution is 2.36. The normalized spacial score (nSPS) is 11.4. The van der Waals surface area contributed by atoms with E-state index in [0.29, 0.717) is 16.7 Å². The fourth-order valence-corrected chi connectivity index (χ4v) is 3.46. The van der Waals surface area contributed by atoms with E-state index in [0.717, 1.165) is 23.4 Å². The lowest BCUT2D eigenvalue weighted by molar-refractivity contribution is -0.138. The first-order valence-electron chi connectivity index (χ1n) is 7.60.